The summed E-state index contributed by atoms with van der Waals surface area (Å²) in [6.07, 6.45) is 1.70. The van der Waals surface area contributed by atoms with E-state index in [9.17, 15) is 0 Å². The van der Waals surface area contributed by atoms with Crippen LogP contribution in [0.15, 0.2) is 45.4 Å². The van der Waals surface area contributed by atoms with Crippen molar-refractivity contribution in [2.24, 2.45) is 0 Å². The van der Waals surface area contributed by atoms with Crippen molar-refractivity contribution in [2.75, 3.05) is 11.9 Å². The second-order valence-electron chi connectivity index (χ2n) is 5.37. The molecule has 3 heterocycles. The van der Waals surface area contributed by atoms with Gasteiger partial charge in [-0.1, -0.05) is 0 Å². The monoisotopic (exact) mass is 293 g/mol. The molecule has 1 aromatic carbocycles. The summed E-state index contributed by atoms with van der Waals surface area (Å²) in [6, 6.07) is 9.98. The van der Waals surface area contributed by atoms with Gasteiger partial charge in [-0.05, 0) is 44.2 Å². The molecular weight excluding hydrogens is 278 g/mol. The highest BCUT2D eigenvalue weighted by Gasteiger charge is 2.15. The Morgan fingerprint density at radius 2 is 1.91 bits per heavy atom. The molecule has 5 nitrogen and oxygen atoms in total. The van der Waals surface area contributed by atoms with Crippen LogP contribution in [0, 0.1) is 13.8 Å². The molecule has 3 aromatic heterocycles. The van der Waals surface area contributed by atoms with Crippen LogP contribution in [0.1, 0.15) is 11.6 Å². The van der Waals surface area contributed by atoms with E-state index in [-0.39, 0.29) is 0 Å². The molecule has 0 unspecified atom stereocenters. The van der Waals surface area contributed by atoms with Gasteiger partial charge in [0, 0.05) is 18.1 Å². The maximum absolute atomic E-state index is 5.64. The van der Waals surface area contributed by atoms with Gasteiger partial charge in [0.2, 0.25) is 5.71 Å². The first kappa shape index (κ1) is 12.9. The molecule has 0 radical (unpaired) electrons. The summed E-state index contributed by atoms with van der Waals surface area (Å²) in [6.45, 7) is 3.78. The Hall–Kier alpha value is -2.82. The Bertz CT molecular complexity index is 984. The minimum absolute atomic E-state index is 0.622. The van der Waals surface area contributed by atoms with Crippen molar-refractivity contribution in [1.29, 1.82) is 0 Å². The lowest BCUT2D eigenvalue weighted by molar-refractivity contribution is 0.566. The van der Waals surface area contributed by atoms with Crippen LogP contribution >= 0.6 is 0 Å². The van der Waals surface area contributed by atoms with Gasteiger partial charge in [-0.2, -0.15) is 4.98 Å². The molecular formula is C17H15N3O2. The second kappa shape index (κ2) is 4.59. The second-order valence-corrected chi connectivity index (χ2v) is 5.37. The first-order chi connectivity index (χ1) is 10.6. The van der Waals surface area contributed by atoms with Crippen LogP contribution in [-0.4, -0.2) is 17.0 Å². The van der Waals surface area contributed by atoms with Crippen molar-refractivity contribution in [3.63, 3.8) is 0 Å². The third-order valence-electron chi connectivity index (χ3n) is 3.75. The van der Waals surface area contributed by atoms with Gasteiger partial charge in [0.1, 0.15) is 23.0 Å². The average molecular weight is 293 g/mol. The van der Waals surface area contributed by atoms with E-state index in [2.05, 4.69) is 16.0 Å². The van der Waals surface area contributed by atoms with Crippen molar-refractivity contribution >= 4 is 33.6 Å². The van der Waals surface area contributed by atoms with Gasteiger partial charge in [-0.15, -0.1) is 0 Å². The SMILES string of the molecule is Cc1nc(N(C)c2ccc3occc3c2)c2cc(C)oc2n1. The third-order valence-corrected chi connectivity index (χ3v) is 3.75. The van der Waals surface area contributed by atoms with Crippen LogP contribution in [-0.2, 0) is 0 Å². The van der Waals surface area contributed by atoms with Crippen LogP contribution in [0.3, 0.4) is 0 Å². The highest BCUT2D eigenvalue weighted by Crippen LogP contribution is 2.32. The molecule has 0 bridgehead atoms. The fourth-order valence-corrected chi connectivity index (χ4v) is 2.67. The minimum Gasteiger partial charge on any atom is -0.464 e. The van der Waals surface area contributed by atoms with E-state index in [0.29, 0.717) is 11.5 Å². The highest BCUT2D eigenvalue weighted by atomic mass is 16.3. The van der Waals surface area contributed by atoms with Crippen LogP contribution < -0.4 is 4.90 Å². The molecule has 4 rings (SSSR count). The average Bonchev–Trinajstić information content (AvgIpc) is 3.09. The first-order valence-corrected chi connectivity index (χ1v) is 7.07. The number of aryl methyl sites for hydroxylation is 2. The number of hydrogen-bond donors (Lipinski definition) is 0. The van der Waals surface area contributed by atoms with Crippen molar-refractivity contribution < 1.29 is 8.83 Å². The van der Waals surface area contributed by atoms with E-state index in [4.69, 9.17) is 8.83 Å². The molecule has 110 valence electrons. The summed E-state index contributed by atoms with van der Waals surface area (Å²) in [5.74, 6) is 2.35. The van der Waals surface area contributed by atoms with Gasteiger partial charge in [0.25, 0.3) is 0 Å². The lowest BCUT2D eigenvalue weighted by atomic mass is 10.2. The summed E-state index contributed by atoms with van der Waals surface area (Å²) in [5, 5.41) is 1.98. The lowest BCUT2D eigenvalue weighted by Crippen LogP contribution is -2.12. The zero-order valence-electron chi connectivity index (χ0n) is 12.6. The molecule has 0 aliphatic carbocycles. The van der Waals surface area contributed by atoms with Crippen molar-refractivity contribution in [1.82, 2.24) is 9.97 Å². The lowest BCUT2D eigenvalue weighted by Gasteiger charge is -2.19. The number of furan rings is 2. The number of nitrogens with zero attached hydrogens (tertiary/aromatic N) is 3. The summed E-state index contributed by atoms with van der Waals surface area (Å²) < 4.78 is 11.0. The van der Waals surface area contributed by atoms with E-state index >= 15 is 0 Å². The van der Waals surface area contributed by atoms with Gasteiger partial charge < -0.3 is 13.7 Å². The standard InChI is InChI=1S/C17H15N3O2/c1-10-8-14-16(18-11(2)19-17(14)22-10)20(3)13-4-5-15-12(9-13)6-7-21-15/h4-9H,1-3H3. The number of fused-ring (bicyclic) bond motifs is 2. The molecule has 0 aliphatic rings. The van der Waals surface area contributed by atoms with Gasteiger partial charge in [-0.3, -0.25) is 0 Å². The zero-order chi connectivity index (χ0) is 15.3. The molecule has 0 aliphatic heterocycles. The zero-order valence-corrected chi connectivity index (χ0v) is 12.6. The van der Waals surface area contributed by atoms with Crippen LogP contribution in [0.2, 0.25) is 0 Å². The molecule has 5 heteroatoms. The number of aromatic nitrogens is 2. The van der Waals surface area contributed by atoms with E-state index in [1.807, 2.05) is 50.1 Å². The van der Waals surface area contributed by atoms with Crippen molar-refractivity contribution in [2.45, 2.75) is 13.8 Å². The summed E-state index contributed by atoms with van der Waals surface area (Å²) in [5.41, 5.74) is 2.53. The molecule has 0 fully saturated rings. The Labute approximate surface area is 127 Å². The van der Waals surface area contributed by atoms with E-state index < -0.39 is 0 Å². The van der Waals surface area contributed by atoms with Crippen molar-refractivity contribution in [3.05, 3.63) is 48.2 Å². The van der Waals surface area contributed by atoms with Gasteiger partial charge in [0.15, 0.2) is 0 Å². The van der Waals surface area contributed by atoms with Gasteiger partial charge in [-0.25, -0.2) is 4.98 Å². The quantitative estimate of drug-likeness (QED) is 0.550. The van der Waals surface area contributed by atoms with Crippen LogP contribution in [0.4, 0.5) is 11.5 Å². The van der Waals surface area contributed by atoms with Gasteiger partial charge >= 0.3 is 0 Å². The first-order valence-electron chi connectivity index (χ1n) is 7.07. The Balaban J connectivity index is 1.89. The number of benzene rings is 1. The Kier molecular flexibility index (Phi) is 2.69. The number of hydrogen-bond acceptors (Lipinski definition) is 5. The predicted octanol–water partition coefficient (Wildman–Crippen LogP) is 4.35. The molecule has 4 aromatic rings. The molecule has 0 atom stereocenters. The predicted molar refractivity (Wildman–Crippen MR) is 85.6 cm³/mol. The topological polar surface area (TPSA) is 55.3 Å². The van der Waals surface area contributed by atoms with Crippen molar-refractivity contribution in [3.8, 4) is 0 Å². The largest absolute Gasteiger partial charge is 0.464 e. The molecule has 0 amide bonds. The van der Waals surface area contributed by atoms with Crippen LogP contribution in [0.5, 0.6) is 0 Å². The molecule has 0 saturated heterocycles. The molecule has 0 saturated carbocycles. The van der Waals surface area contributed by atoms with E-state index in [0.717, 1.165) is 33.6 Å². The maximum atomic E-state index is 5.64. The molecule has 0 spiro atoms. The normalized spacial score (nSPS) is 11.4. The summed E-state index contributed by atoms with van der Waals surface area (Å²) in [7, 11) is 1.99. The van der Waals surface area contributed by atoms with Gasteiger partial charge in [0.05, 0.1) is 11.6 Å². The van der Waals surface area contributed by atoms with E-state index in [1.54, 1.807) is 6.26 Å². The smallest absolute Gasteiger partial charge is 0.231 e. The Morgan fingerprint density at radius 3 is 2.77 bits per heavy atom. The fraction of sp³-hybridized carbons (Fsp3) is 0.176. The summed E-state index contributed by atoms with van der Waals surface area (Å²) in [4.78, 5) is 11.0. The number of rotatable bonds is 2. The fourth-order valence-electron chi connectivity index (χ4n) is 2.67. The molecule has 0 N–H and O–H groups in total. The molecule has 22 heavy (non-hydrogen) atoms. The van der Waals surface area contributed by atoms with Crippen LogP contribution in [0.25, 0.3) is 22.1 Å². The minimum atomic E-state index is 0.622. The highest BCUT2D eigenvalue weighted by molar-refractivity contribution is 5.90. The Morgan fingerprint density at radius 1 is 1.05 bits per heavy atom. The number of anilines is 2. The van der Waals surface area contributed by atoms with E-state index in [1.165, 1.54) is 0 Å². The maximum Gasteiger partial charge on any atom is 0.231 e. The third kappa shape index (κ3) is 1.94. The summed E-state index contributed by atoms with van der Waals surface area (Å²) >= 11 is 0.